The molecule has 0 amide bonds. The van der Waals surface area contributed by atoms with Gasteiger partial charge in [-0.15, -0.1) is 0 Å². The van der Waals surface area contributed by atoms with Crippen molar-refractivity contribution in [1.29, 1.82) is 5.26 Å². The van der Waals surface area contributed by atoms with E-state index in [4.69, 9.17) is 5.26 Å². The van der Waals surface area contributed by atoms with Gasteiger partial charge in [-0.1, -0.05) is 19.3 Å². The van der Waals surface area contributed by atoms with Gasteiger partial charge < -0.3 is 15.0 Å². The highest BCUT2D eigenvalue weighted by molar-refractivity contribution is 5.34. The first-order chi connectivity index (χ1) is 9.13. The SMILES string of the molecule is Cc1c(CNC2CCCCCC2O)cc(C#N)n1C. The van der Waals surface area contributed by atoms with E-state index in [9.17, 15) is 5.11 Å². The maximum atomic E-state index is 10.1. The zero-order valence-electron chi connectivity index (χ0n) is 11.8. The highest BCUT2D eigenvalue weighted by Crippen LogP contribution is 2.19. The molecule has 2 unspecified atom stereocenters. The summed E-state index contributed by atoms with van der Waals surface area (Å²) in [4.78, 5) is 0. The standard InChI is InChI=1S/C15H23N3O/c1-11-12(8-13(9-16)18(11)2)10-17-14-6-4-3-5-7-15(14)19/h8,14-15,17,19H,3-7,10H2,1-2H3. The van der Waals surface area contributed by atoms with Gasteiger partial charge in [0.2, 0.25) is 0 Å². The molecule has 1 heterocycles. The summed E-state index contributed by atoms with van der Waals surface area (Å²) < 4.78 is 1.92. The van der Waals surface area contributed by atoms with Crippen LogP contribution in [-0.4, -0.2) is 21.8 Å². The molecule has 0 saturated heterocycles. The summed E-state index contributed by atoms with van der Waals surface area (Å²) in [6.45, 7) is 2.75. The van der Waals surface area contributed by atoms with Crippen molar-refractivity contribution in [2.45, 2.75) is 57.7 Å². The van der Waals surface area contributed by atoms with Gasteiger partial charge in [-0.3, -0.25) is 0 Å². The van der Waals surface area contributed by atoms with Gasteiger partial charge in [0.25, 0.3) is 0 Å². The molecule has 1 aromatic rings. The normalized spacial score (nSPS) is 23.9. The monoisotopic (exact) mass is 261 g/mol. The van der Waals surface area contributed by atoms with E-state index in [-0.39, 0.29) is 12.1 Å². The van der Waals surface area contributed by atoms with Crippen molar-refractivity contribution < 1.29 is 5.11 Å². The quantitative estimate of drug-likeness (QED) is 0.818. The van der Waals surface area contributed by atoms with Gasteiger partial charge in [-0.25, -0.2) is 0 Å². The van der Waals surface area contributed by atoms with E-state index >= 15 is 0 Å². The van der Waals surface area contributed by atoms with Gasteiger partial charge in [-0.2, -0.15) is 5.26 Å². The van der Waals surface area contributed by atoms with Crippen molar-refractivity contribution in [2.75, 3.05) is 0 Å². The minimum absolute atomic E-state index is 0.188. The van der Waals surface area contributed by atoms with Crippen molar-refractivity contribution in [1.82, 2.24) is 9.88 Å². The second-order valence-electron chi connectivity index (χ2n) is 5.50. The molecule has 2 atom stereocenters. The molecule has 2 rings (SSSR count). The van der Waals surface area contributed by atoms with Gasteiger partial charge in [0.1, 0.15) is 11.8 Å². The van der Waals surface area contributed by atoms with Crippen LogP contribution in [0.5, 0.6) is 0 Å². The fourth-order valence-corrected chi connectivity index (χ4v) is 2.82. The molecule has 2 N–H and O–H groups in total. The summed E-state index contributed by atoms with van der Waals surface area (Å²) in [5.74, 6) is 0. The van der Waals surface area contributed by atoms with E-state index in [1.165, 1.54) is 12.8 Å². The molecule has 1 fully saturated rings. The molecule has 0 aromatic carbocycles. The first-order valence-corrected chi connectivity index (χ1v) is 7.10. The van der Waals surface area contributed by atoms with Crippen LogP contribution in [0.25, 0.3) is 0 Å². The molecule has 0 bridgehead atoms. The number of aromatic nitrogens is 1. The lowest BCUT2D eigenvalue weighted by atomic mass is 10.1. The first-order valence-electron chi connectivity index (χ1n) is 7.10. The van der Waals surface area contributed by atoms with Crippen LogP contribution in [0.3, 0.4) is 0 Å². The number of nitrogens with zero attached hydrogens (tertiary/aromatic N) is 2. The molecule has 1 aliphatic carbocycles. The Labute approximate surface area is 115 Å². The fraction of sp³-hybridized carbons (Fsp3) is 0.667. The second-order valence-corrected chi connectivity index (χ2v) is 5.50. The number of nitrogens with one attached hydrogen (secondary N) is 1. The van der Waals surface area contributed by atoms with Crippen LogP contribution >= 0.6 is 0 Å². The molecule has 1 aromatic heterocycles. The lowest BCUT2D eigenvalue weighted by molar-refractivity contribution is 0.119. The Hall–Kier alpha value is -1.31. The topological polar surface area (TPSA) is 61.0 Å². The lowest BCUT2D eigenvalue weighted by Crippen LogP contribution is -2.38. The zero-order chi connectivity index (χ0) is 13.8. The summed E-state index contributed by atoms with van der Waals surface area (Å²) in [7, 11) is 1.91. The van der Waals surface area contributed by atoms with Crippen LogP contribution in [0.15, 0.2) is 6.07 Å². The van der Waals surface area contributed by atoms with Gasteiger partial charge in [-0.05, 0) is 31.4 Å². The predicted octanol–water partition coefficient (Wildman–Crippen LogP) is 1.99. The number of aliphatic hydroxyl groups excluding tert-OH is 1. The molecule has 1 aliphatic rings. The Bertz CT molecular complexity index is 472. The van der Waals surface area contributed by atoms with Crippen LogP contribution in [0.1, 0.15) is 49.1 Å². The summed E-state index contributed by atoms with van der Waals surface area (Å²) in [5, 5.41) is 22.6. The maximum Gasteiger partial charge on any atom is 0.120 e. The Balaban J connectivity index is 2.00. The van der Waals surface area contributed by atoms with E-state index in [0.29, 0.717) is 5.69 Å². The number of hydrogen-bond acceptors (Lipinski definition) is 3. The lowest BCUT2D eigenvalue weighted by Gasteiger charge is -2.21. The number of aliphatic hydroxyl groups is 1. The molecule has 1 saturated carbocycles. The molecule has 4 nitrogen and oxygen atoms in total. The smallest absolute Gasteiger partial charge is 0.120 e. The van der Waals surface area contributed by atoms with E-state index in [2.05, 4.69) is 11.4 Å². The van der Waals surface area contributed by atoms with Crippen molar-refractivity contribution in [3.8, 4) is 6.07 Å². The number of hydrogen-bond donors (Lipinski definition) is 2. The minimum Gasteiger partial charge on any atom is -0.392 e. The van der Waals surface area contributed by atoms with Gasteiger partial charge >= 0.3 is 0 Å². The second kappa shape index (κ2) is 6.23. The van der Waals surface area contributed by atoms with Gasteiger partial charge in [0, 0.05) is 25.3 Å². The molecule has 4 heteroatoms. The molecule has 104 valence electrons. The van der Waals surface area contributed by atoms with E-state index in [0.717, 1.165) is 37.1 Å². The average Bonchev–Trinajstić information content (AvgIpc) is 2.57. The van der Waals surface area contributed by atoms with Crippen LogP contribution in [0.4, 0.5) is 0 Å². The summed E-state index contributed by atoms with van der Waals surface area (Å²) in [5.41, 5.74) is 2.96. The van der Waals surface area contributed by atoms with Gasteiger partial charge in [0.05, 0.1) is 6.10 Å². The fourth-order valence-electron chi connectivity index (χ4n) is 2.82. The zero-order valence-corrected chi connectivity index (χ0v) is 11.8. The van der Waals surface area contributed by atoms with Crippen molar-refractivity contribution >= 4 is 0 Å². The van der Waals surface area contributed by atoms with Crippen LogP contribution in [0.2, 0.25) is 0 Å². The predicted molar refractivity (Wildman–Crippen MR) is 74.6 cm³/mol. The van der Waals surface area contributed by atoms with Crippen molar-refractivity contribution in [3.05, 3.63) is 23.0 Å². The van der Waals surface area contributed by atoms with Crippen LogP contribution < -0.4 is 5.32 Å². The van der Waals surface area contributed by atoms with E-state index < -0.39 is 0 Å². The number of nitriles is 1. The van der Waals surface area contributed by atoms with Crippen molar-refractivity contribution in [2.24, 2.45) is 7.05 Å². The largest absolute Gasteiger partial charge is 0.392 e. The third-order valence-corrected chi connectivity index (χ3v) is 4.29. The highest BCUT2D eigenvalue weighted by Gasteiger charge is 2.21. The highest BCUT2D eigenvalue weighted by atomic mass is 16.3. The molecule has 0 radical (unpaired) electrons. The molecule has 0 spiro atoms. The van der Waals surface area contributed by atoms with E-state index in [1.807, 2.05) is 24.6 Å². The maximum absolute atomic E-state index is 10.1. The third kappa shape index (κ3) is 3.17. The van der Waals surface area contributed by atoms with Gasteiger partial charge in [0.15, 0.2) is 0 Å². The summed E-state index contributed by atoms with van der Waals surface area (Å²) in [6, 6.07) is 4.32. The molecular weight excluding hydrogens is 238 g/mol. The molecule has 19 heavy (non-hydrogen) atoms. The minimum atomic E-state index is -0.234. The summed E-state index contributed by atoms with van der Waals surface area (Å²) >= 11 is 0. The van der Waals surface area contributed by atoms with Crippen LogP contribution in [0, 0.1) is 18.3 Å². The Morgan fingerprint density at radius 1 is 1.42 bits per heavy atom. The average molecular weight is 261 g/mol. The Morgan fingerprint density at radius 3 is 2.84 bits per heavy atom. The molecular formula is C15H23N3O. The van der Waals surface area contributed by atoms with Crippen LogP contribution in [-0.2, 0) is 13.6 Å². The van der Waals surface area contributed by atoms with E-state index in [1.54, 1.807) is 0 Å². The summed E-state index contributed by atoms with van der Waals surface area (Å²) in [6.07, 6.45) is 5.24. The third-order valence-electron chi connectivity index (χ3n) is 4.29. The molecule has 0 aliphatic heterocycles. The number of rotatable bonds is 3. The Kier molecular flexibility index (Phi) is 4.62. The van der Waals surface area contributed by atoms with Crippen molar-refractivity contribution in [3.63, 3.8) is 0 Å². The Morgan fingerprint density at radius 2 is 2.16 bits per heavy atom. The first kappa shape index (κ1) is 14.1.